The van der Waals surface area contributed by atoms with E-state index in [1.54, 1.807) is 17.1 Å². The van der Waals surface area contributed by atoms with Crippen molar-refractivity contribution in [3.63, 3.8) is 0 Å². The second-order valence-corrected chi connectivity index (χ2v) is 8.19. The highest BCUT2D eigenvalue weighted by molar-refractivity contribution is 5.93. The third-order valence-corrected chi connectivity index (χ3v) is 5.87. The van der Waals surface area contributed by atoms with Crippen LogP contribution in [0.1, 0.15) is 28.9 Å². The highest BCUT2D eigenvalue weighted by Gasteiger charge is 2.26. The summed E-state index contributed by atoms with van der Waals surface area (Å²) in [6.45, 7) is 4.03. The van der Waals surface area contributed by atoms with Gasteiger partial charge in [0.2, 0.25) is 0 Å². The Morgan fingerprint density at radius 1 is 1.09 bits per heavy atom. The topological polar surface area (TPSA) is 73.1 Å². The van der Waals surface area contributed by atoms with Crippen LogP contribution in [0.5, 0.6) is 5.75 Å². The van der Waals surface area contributed by atoms with Crippen molar-refractivity contribution in [2.45, 2.75) is 19.8 Å². The Labute approximate surface area is 186 Å². The number of likely N-dealkylation sites (tertiary alicyclic amines) is 1. The first kappa shape index (κ1) is 20.2. The molecule has 2 aromatic carbocycles. The number of rotatable bonds is 5. The predicted molar refractivity (Wildman–Crippen MR) is 122 cm³/mol. The van der Waals surface area contributed by atoms with Crippen LogP contribution in [-0.4, -0.2) is 50.3 Å². The summed E-state index contributed by atoms with van der Waals surface area (Å²) in [6, 6.07) is 17.8. The van der Waals surface area contributed by atoms with Crippen molar-refractivity contribution in [1.82, 2.24) is 24.6 Å². The summed E-state index contributed by atoms with van der Waals surface area (Å²) >= 11 is 0. The second kappa shape index (κ2) is 8.78. The zero-order chi connectivity index (χ0) is 21.9. The molecule has 1 saturated heterocycles. The highest BCUT2D eigenvalue weighted by atomic mass is 16.5. The Balaban J connectivity index is 1.28. The van der Waals surface area contributed by atoms with E-state index in [-0.39, 0.29) is 5.91 Å². The second-order valence-electron chi connectivity index (χ2n) is 8.19. The van der Waals surface area contributed by atoms with Crippen LogP contribution >= 0.6 is 0 Å². The minimum Gasteiger partial charge on any atom is -0.493 e. The van der Waals surface area contributed by atoms with E-state index in [4.69, 9.17) is 4.74 Å². The molecular formula is C25H25N5O2. The summed E-state index contributed by atoms with van der Waals surface area (Å²) in [6.07, 6.45) is 5.21. The number of ether oxygens (including phenoxy) is 1. The number of carbonyl (C=O) groups excluding carboxylic acids is 1. The lowest BCUT2D eigenvalue weighted by atomic mass is 9.98. The summed E-state index contributed by atoms with van der Waals surface area (Å²) in [7, 11) is 0. The molecule has 1 unspecified atom stereocenters. The molecule has 5 rings (SSSR count). The lowest BCUT2D eigenvalue weighted by molar-refractivity contribution is 0.0627. The number of fused-ring (bicyclic) bond motifs is 1. The fraction of sp³-hybridized carbons (Fsp3) is 0.280. The molecule has 0 radical (unpaired) electrons. The van der Waals surface area contributed by atoms with Gasteiger partial charge < -0.3 is 9.64 Å². The van der Waals surface area contributed by atoms with Gasteiger partial charge >= 0.3 is 0 Å². The number of nitrogens with zero attached hydrogens (tertiary/aromatic N) is 5. The average Bonchev–Trinajstić information content (AvgIpc) is 3.27. The van der Waals surface area contributed by atoms with Gasteiger partial charge in [0.1, 0.15) is 17.0 Å². The molecule has 1 atom stereocenters. The average molecular weight is 428 g/mol. The number of benzene rings is 2. The van der Waals surface area contributed by atoms with Gasteiger partial charge in [0.25, 0.3) is 5.91 Å². The van der Waals surface area contributed by atoms with Crippen LogP contribution in [0.4, 0.5) is 0 Å². The first-order valence-corrected chi connectivity index (χ1v) is 10.9. The quantitative estimate of drug-likeness (QED) is 0.480. The van der Waals surface area contributed by atoms with Crippen LogP contribution in [0.25, 0.3) is 16.9 Å². The van der Waals surface area contributed by atoms with Gasteiger partial charge in [-0.25, -0.2) is 14.6 Å². The number of hydrogen-bond donors (Lipinski definition) is 0. The largest absolute Gasteiger partial charge is 0.493 e. The van der Waals surface area contributed by atoms with Gasteiger partial charge in [-0.2, -0.15) is 5.10 Å². The van der Waals surface area contributed by atoms with Gasteiger partial charge in [-0.3, -0.25) is 4.79 Å². The van der Waals surface area contributed by atoms with Crippen molar-refractivity contribution in [2.24, 2.45) is 5.92 Å². The summed E-state index contributed by atoms with van der Waals surface area (Å²) in [4.78, 5) is 24.1. The summed E-state index contributed by atoms with van der Waals surface area (Å²) < 4.78 is 7.77. The standard InChI is InChI=1S/C25H25N5O2/c1-18-8-5-6-12-23(18)32-17-19-9-7-13-29(16-19)25(31)22-14-26-24-21(28-22)15-27-30(24)20-10-3-2-4-11-20/h2-6,8,10-12,14-15,19H,7,9,13,16-17H2,1H3. The van der Waals surface area contributed by atoms with E-state index in [9.17, 15) is 4.79 Å². The van der Waals surface area contributed by atoms with Crippen LogP contribution in [0.3, 0.4) is 0 Å². The maximum atomic E-state index is 13.1. The number of amides is 1. The molecular weight excluding hydrogens is 402 g/mol. The maximum absolute atomic E-state index is 13.1. The summed E-state index contributed by atoms with van der Waals surface area (Å²) in [5.41, 5.74) is 3.62. The van der Waals surface area contributed by atoms with Crippen LogP contribution < -0.4 is 4.74 Å². The molecule has 0 spiro atoms. The first-order chi connectivity index (χ1) is 15.7. The Morgan fingerprint density at radius 3 is 2.75 bits per heavy atom. The Morgan fingerprint density at radius 2 is 1.91 bits per heavy atom. The van der Waals surface area contributed by atoms with Crippen LogP contribution in [0, 0.1) is 12.8 Å². The molecule has 7 heteroatoms. The van der Waals surface area contributed by atoms with E-state index in [0.717, 1.165) is 36.4 Å². The fourth-order valence-corrected chi connectivity index (χ4v) is 4.15. The minimum absolute atomic E-state index is 0.0903. The monoisotopic (exact) mass is 427 g/mol. The third kappa shape index (κ3) is 4.06. The fourth-order valence-electron chi connectivity index (χ4n) is 4.15. The molecule has 1 aliphatic heterocycles. The number of piperidine rings is 1. The maximum Gasteiger partial charge on any atom is 0.274 e. The van der Waals surface area contributed by atoms with Gasteiger partial charge in [-0.15, -0.1) is 0 Å². The molecule has 162 valence electrons. The van der Waals surface area contributed by atoms with E-state index in [1.165, 1.54) is 0 Å². The molecule has 32 heavy (non-hydrogen) atoms. The molecule has 0 N–H and O–H groups in total. The van der Waals surface area contributed by atoms with Gasteiger partial charge in [0.15, 0.2) is 5.65 Å². The van der Waals surface area contributed by atoms with Crippen molar-refractivity contribution < 1.29 is 9.53 Å². The Hall–Kier alpha value is -3.74. The van der Waals surface area contributed by atoms with Crippen molar-refractivity contribution in [2.75, 3.05) is 19.7 Å². The number of hydrogen-bond acceptors (Lipinski definition) is 5. The smallest absolute Gasteiger partial charge is 0.274 e. The van der Waals surface area contributed by atoms with Crippen molar-refractivity contribution in [1.29, 1.82) is 0 Å². The van der Waals surface area contributed by atoms with Crippen molar-refractivity contribution in [3.8, 4) is 11.4 Å². The summed E-state index contributed by atoms with van der Waals surface area (Å²) in [5.74, 6) is 1.11. The summed E-state index contributed by atoms with van der Waals surface area (Å²) in [5, 5.41) is 4.40. The zero-order valence-electron chi connectivity index (χ0n) is 18.0. The van der Waals surface area contributed by atoms with Crippen molar-refractivity contribution >= 4 is 17.1 Å². The lowest BCUT2D eigenvalue weighted by Crippen LogP contribution is -2.42. The minimum atomic E-state index is -0.0903. The zero-order valence-corrected chi connectivity index (χ0v) is 18.0. The van der Waals surface area contributed by atoms with E-state index in [1.807, 2.05) is 66.4 Å². The number of carbonyl (C=O) groups is 1. The molecule has 1 aliphatic rings. The van der Waals surface area contributed by atoms with Gasteiger partial charge in [0.05, 0.1) is 24.7 Å². The van der Waals surface area contributed by atoms with E-state index >= 15 is 0 Å². The number of aromatic nitrogens is 4. The van der Waals surface area contributed by atoms with E-state index in [0.29, 0.717) is 35.9 Å². The van der Waals surface area contributed by atoms with Crippen LogP contribution in [0.2, 0.25) is 0 Å². The molecule has 1 fully saturated rings. The van der Waals surface area contributed by atoms with Gasteiger partial charge in [0, 0.05) is 19.0 Å². The van der Waals surface area contributed by atoms with Gasteiger partial charge in [-0.1, -0.05) is 36.4 Å². The lowest BCUT2D eigenvalue weighted by Gasteiger charge is -2.32. The Bertz CT molecular complexity index is 1240. The molecule has 3 heterocycles. The number of aryl methyl sites for hydroxylation is 1. The molecule has 1 amide bonds. The van der Waals surface area contributed by atoms with Crippen LogP contribution in [-0.2, 0) is 0 Å². The van der Waals surface area contributed by atoms with E-state index in [2.05, 4.69) is 15.1 Å². The molecule has 0 bridgehead atoms. The Kier molecular flexibility index (Phi) is 5.54. The van der Waals surface area contributed by atoms with Crippen LogP contribution in [0.15, 0.2) is 67.0 Å². The van der Waals surface area contributed by atoms with Gasteiger partial charge in [-0.05, 0) is 43.5 Å². The molecule has 0 saturated carbocycles. The first-order valence-electron chi connectivity index (χ1n) is 10.9. The SMILES string of the molecule is Cc1ccccc1OCC1CCCN(C(=O)c2cnc3c(cnn3-c3ccccc3)n2)C1. The normalized spacial score (nSPS) is 16.3. The molecule has 4 aromatic rings. The number of para-hydroxylation sites is 2. The highest BCUT2D eigenvalue weighted by Crippen LogP contribution is 2.22. The van der Waals surface area contributed by atoms with E-state index < -0.39 is 0 Å². The van der Waals surface area contributed by atoms with Crippen molar-refractivity contribution in [3.05, 3.63) is 78.2 Å². The third-order valence-electron chi connectivity index (χ3n) is 5.87. The predicted octanol–water partition coefficient (Wildman–Crippen LogP) is 4.06. The molecule has 0 aliphatic carbocycles. The molecule has 7 nitrogen and oxygen atoms in total. The molecule has 2 aromatic heterocycles.